The summed E-state index contributed by atoms with van der Waals surface area (Å²) in [6.07, 6.45) is 4.04. The van der Waals surface area contributed by atoms with Crippen molar-refractivity contribution in [1.82, 2.24) is 14.7 Å². The molecule has 1 aromatic rings. The number of benzene rings is 1. The molecule has 0 spiro atoms. The van der Waals surface area contributed by atoms with E-state index in [-0.39, 0.29) is 12.6 Å². The first kappa shape index (κ1) is 18.6. The molecule has 1 aromatic carbocycles. The van der Waals surface area contributed by atoms with E-state index >= 15 is 0 Å². The molecule has 3 rings (SSSR count). The largest absolute Gasteiger partial charge is 0.492 e. The molecule has 0 aromatic heterocycles. The lowest BCUT2D eigenvalue weighted by Gasteiger charge is -2.38. The first-order chi connectivity index (χ1) is 12.2. The Balaban J connectivity index is 1.46. The maximum atomic E-state index is 9.50. The van der Waals surface area contributed by atoms with Crippen molar-refractivity contribution in [1.29, 1.82) is 0 Å². The Morgan fingerprint density at radius 2 is 1.92 bits per heavy atom. The van der Waals surface area contributed by atoms with Crippen LogP contribution < -0.4 is 4.74 Å². The van der Waals surface area contributed by atoms with Gasteiger partial charge in [-0.25, -0.2) is 0 Å². The molecule has 5 heteroatoms. The average Bonchev–Trinajstić information content (AvgIpc) is 2.64. The molecule has 2 heterocycles. The summed E-state index contributed by atoms with van der Waals surface area (Å²) >= 11 is 0. The number of piperidine rings is 1. The monoisotopic (exact) mass is 347 g/mol. The van der Waals surface area contributed by atoms with Crippen LogP contribution in [0.5, 0.6) is 5.75 Å². The summed E-state index contributed by atoms with van der Waals surface area (Å²) in [6, 6.07) is 8.73. The molecule has 0 bridgehead atoms. The summed E-state index contributed by atoms with van der Waals surface area (Å²) in [5.41, 5.74) is 1.29. The molecular weight excluding hydrogens is 314 g/mol. The standard InChI is InChI=1S/C20H33N3O2/c1-21-10-11-23(16-19(21)17-24)15-18-6-5-7-20(14-18)25-13-12-22-8-3-2-4-9-22/h5-7,14,19,24H,2-4,8-13,15-17H2,1H3/t19-/m0/s1. The molecule has 0 radical (unpaired) electrons. The van der Waals surface area contributed by atoms with Crippen LogP contribution in [-0.2, 0) is 6.54 Å². The number of ether oxygens (including phenoxy) is 1. The fraction of sp³-hybridized carbons (Fsp3) is 0.700. The van der Waals surface area contributed by atoms with E-state index in [1.165, 1.54) is 37.9 Å². The molecular formula is C20H33N3O2. The van der Waals surface area contributed by atoms with Crippen LogP contribution in [-0.4, -0.2) is 85.4 Å². The van der Waals surface area contributed by atoms with Crippen molar-refractivity contribution in [3.05, 3.63) is 29.8 Å². The van der Waals surface area contributed by atoms with E-state index in [0.717, 1.165) is 45.1 Å². The number of likely N-dealkylation sites (N-methyl/N-ethyl adjacent to an activating group) is 1. The van der Waals surface area contributed by atoms with Gasteiger partial charge in [-0.1, -0.05) is 18.6 Å². The van der Waals surface area contributed by atoms with Crippen LogP contribution in [0, 0.1) is 0 Å². The SMILES string of the molecule is CN1CCN(Cc2cccc(OCCN3CCCCC3)c2)C[C@H]1CO. The van der Waals surface area contributed by atoms with E-state index in [2.05, 4.69) is 46.0 Å². The van der Waals surface area contributed by atoms with Crippen molar-refractivity contribution in [2.75, 3.05) is 59.5 Å². The van der Waals surface area contributed by atoms with Crippen molar-refractivity contribution in [3.63, 3.8) is 0 Å². The smallest absolute Gasteiger partial charge is 0.119 e. The number of nitrogens with zero attached hydrogens (tertiary/aromatic N) is 3. The highest BCUT2D eigenvalue weighted by molar-refractivity contribution is 5.28. The number of aliphatic hydroxyl groups is 1. The van der Waals surface area contributed by atoms with E-state index in [1.807, 2.05) is 0 Å². The van der Waals surface area contributed by atoms with Crippen molar-refractivity contribution in [3.8, 4) is 5.75 Å². The molecule has 2 aliphatic rings. The third-order valence-electron chi connectivity index (χ3n) is 5.50. The maximum absolute atomic E-state index is 9.50. The number of likely N-dealkylation sites (tertiary alicyclic amines) is 1. The lowest BCUT2D eigenvalue weighted by atomic mass is 10.1. The fourth-order valence-corrected chi connectivity index (χ4v) is 3.82. The van der Waals surface area contributed by atoms with Crippen LogP contribution in [0.15, 0.2) is 24.3 Å². The molecule has 5 nitrogen and oxygen atoms in total. The van der Waals surface area contributed by atoms with Gasteiger partial charge in [0.2, 0.25) is 0 Å². The van der Waals surface area contributed by atoms with Gasteiger partial charge in [-0.3, -0.25) is 14.7 Å². The lowest BCUT2D eigenvalue weighted by Crippen LogP contribution is -2.52. The molecule has 1 N–H and O–H groups in total. The van der Waals surface area contributed by atoms with Crippen molar-refractivity contribution < 1.29 is 9.84 Å². The van der Waals surface area contributed by atoms with E-state index < -0.39 is 0 Å². The number of rotatable bonds is 7. The zero-order valence-electron chi connectivity index (χ0n) is 15.6. The first-order valence-corrected chi connectivity index (χ1v) is 9.72. The van der Waals surface area contributed by atoms with Crippen LogP contribution >= 0.6 is 0 Å². The highest BCUT2D eigenvalue weighted by Crippen LogP contribution is 2.17. The maximum Gasteiger partial charge on any atom is 0.119 e. The predicted octanol–water partition coefficient (Wildman–Crippen LogP) is 1.66. The van der Waals surface area contributed by atoms with Crippen LogP contribution in [0.2, 0.25) is 0 Å². The molecule has 0 aliphatic carbocycles. The summed E-state index contributed by atoms with van der Waals surface area (Å²) in [5, 5.41) is 9.50. The third kappa shape index (κ3) is 5.68. The second kappa shape index (κ2) is 9.53. The molecule has 25 heavy (non-hydrogen) atoms. The molecule has 2 aliphatic heterocycles. The number of hydrogen-bond donors (Lipinski definition) is 1. The van der Waals surface area contributed by atoms with E-state index in [9.17, 15) is 5.11 Å². The molecule has 0 saturated carbocycles. The number of aliphatic hydroxyl groups excluding tert-OH is 1. The zero-order chi connectivity index (χ0) is 17.5. The molecule has 2 fully saturated rings. The van der Waals surface area contributed by atoms with Crippen LogP contribution in [0.4, 0.5) is 0 Å². The Labute approximate surface area is 152 Å². The molecule has 0 unspecified atom stereocenters. The van der Waals surface area contributed by atoms with Gasteiger partial charge in [0, 0.05) is 38.8 Å². The van der Waals surface area contributed by atoms with Gasteiger partial charge in [0.1, 0.15) is 12.4 Å². The molecule has 1 atom stereocenters. The Bertz CT molecular complexity index is 519. The third-order valence-corrected chi connectivity index (χ3v) is 5.50. The van der Waals surface area contributed by atoms with E-state index in [0.29, 0.717) is 0 Å². The molecule has 140 valence electrons. The minimum absolute atomic E-state index is 0.229. The highest BCUT2D eigenvalue weighted by Gasteiger charge is 2.23. The van der Waals surface area contributed by atoms with E-state index in [4.69, 9.17) is 4.74 Å². The van der Waals surface area contributed by atoms with Gasteiger partial charge in [0.15, 0.2) is 0 Å². The normalized spacial score (nSPS) is 23.7. The highest BCUT2D eigenvalue weighted by atomic mass is 16.5. The van der Waals surface area contributed by atoms with Crippen LogP contribution in [0.3, 0.4) is 0 Å². The first-order valence-electron chi connectivity index (χ1n) is 9.72. The lowest BCUT2D eigenvalue weighted by molar-refractivity contribution is 0.0539. The van der Waals surface area contributed by atoms with Crippen LogP contribution in [0.25, 0.3) is 0 Å². The van der Waals surface area contributed by atoms with Gasteiger partial charge in [-0.2, -0.15) is 0 Å². The second-order valence-electron chi connectivity index (χ2n) is 7.45. The van der Waals surface area contributed by atoms with Gasteiger partial charge in [-0.05, 0) is 50.7 Å². The van der Waals surface area contributed by atoms with Gasteiger partial charge in [0.05, 0.1) is 6.61 Å². The Morgan fingerprint density at radius 3 is 2.72 bits per heavy atom. The van der Waals surface area contributed by atoms with Gasteiger partial charge in [0.25, 0.3) is 0 Å². The predicted molar refractivity (Wildman–Crippen MR) is 101 cm³/mol. The second-order valence-corrected chi connectivity index (χ2v) is 7.45. The summed E-state index contributed by atoms with van der Waals surface area (Å²) in [6.45, 7) is 8.38. The van der Waals surface area contributed by atoms with Crippen molar-refractivity contribution in [2.45, 2.75) is 31.8 Å². The summed E-state index contributed by atoms with van der Waals surface area (Å²) in [4.78, 5) is 7.18. The fourth-order valence-electron chi connectivity index (χ4n) is 3.82. The van der Waals surface area contributed by atoms with Crippen molar-refractivity contribution >= 4 is 0 Å². The average molecular weight is 348 g/mol. The minimum atomic E-state index is 0.229. The summed E-state index contributed by atoms with van der Waals surface area (Å²) in [7, 11) is 2.09. The van der Waals surface area contributed by atoms with Gasteiger partial charge < -0.3 is 9.84 Å². The minimum Gasteiger partial charge on any atom is -0.492 e. The Morgan fingerprint density at radius 1 is 1.08 bits per heavy atom. The Kier molecular flexibility index (Phi) is 7.11. The van der Waals surface area contributed by atoms with Gasteiger partial charge in [-0.15, -0.1) is 0 Å². The number of hydrogen-bond acceptors (Lipinski definition) is 5. The number of piperazine rings is 1. The quantitative estimate of drug-likeness (QED) is 0.812. The van der Waals surface area contributed by atoms with Crippen LogP contribution in [0.1, 0.15) is 24.8 Å². The molecule has 0 amide bonds. The summed E-state index contributed by atoms with van der Waals surface area (Å²) < 4.78 is 5.99. The summed E-state index contributed by atoms with van der Waals surface area (Å²) in [5.74, 6) is 0.974. The van der Waals surface area contributed by atoms with E-state index in [1.54, 1.807) is 0 Å². The van der Waals surface area contributed by atoms with Crippen molar-refractivity contribution in [2.24, 2.45) is 0 Å². The molecule has 2 saturated heterocycles. The topological polar surface area (TPSA) is 39.2 Å². The Hall–Kier alpha value is -1.14. The van der Waals surface area contributed by atoms with Gasteiger partial charge >= 0.3 is 0 Å². The zero-order valence-corrected chi connectivity index (χ0v) is 15.6.